The molecule has 1 saturated heterocycles. The molecule has 1 aliphatic heterocycles. The molecule has 0 spiro atoms. The number of anilines is 2. The minimum atomic E-state index is 0.0106. The first-order valence-corrected chi connectivity index (χ1v) is 10.9. The summed E-state index contributed by atoms with van der Waals surface area (Å²) < 4.78 is 7.37. The van der Waals surface area contributed by atoms with E-state index in [1.807, 2.05) is 81.1 Å². The lowest BCUT2D eigenvalue weighted by Gasteiger charge is -2.35. The van der Waals surface area contributed by atoms with Crippen LogP contribution in [0.5, 0.6) is 0 Å². The number of carbonyl (C=O) groups excluding carboxylic acids is 1. The van der Waals surface area contributed by atoms with Crippen molar-refractivity contribution < 1.29 is 9.53 Å². The zero-order valence-corrected chi connectivity index (χ0v) is 18.7. The molecule has 4 aromatic rings. The third-order valence-corrected chi connectivity index (χ3v) is 5.12. The summed E-state index contributed by atoms with van der Waals surface area (Å²) in [6.07, 6.45) is 0.0774. The summed E-state index contributed by atoms with van der Waals surface area (Å²) in [5.41, 5.74) is 3.58. The molecular formula is C23H27N7O2. The summed E-state index contributed by atoms with van der Waals surface area (Å²) in [7, 11) is 0. The highest BCUT2D eigenvalue weighted by atomic mass is 16.5. The van der Waals surface area contributed by atoms with Gasteiger partial charge >= 0.3 is 0 Å². The van der Waals surface area contributed by atoms with Crippen molar-refractivity contribution in [2.75, 3.05) is 18.4 Å². The summed E-state index contributed by atoms with van der Waals surface area (Å²) in [4.78, 5) is 19.4. The quantitative estimate of drug-likeness (QED) is 0.526. The SMILES string of the molecule is CC.CC1CN(C(=O)c2ccc(Nc3nc4ccccc4n4nnnc34)cc2)CC(C)O1. The van der Waals surface area contributed by atoms with Gasteiger partial charge in [-0.1, -0.05) is 26.0 Å². The van der Waals surface area contributed by atoms with E-state index >= 15 is 0 Å². The molecule has 0 bridgehead atoms. The Morgan fingerprint density at radius 2 is 1.72 bits per heavy atom. The fraction of sp³-hybridized carbons (Fsp3) is 0.348. The first-order valence-electron chi connectivity index (χ1n) is 10.9. The van der Waals surface area contributed by atoms with Gasteiger partial charge in [0.05, 0.1) is 23.2 Å². The Balaban J connectivity index is 0.00000119. The normalized spacial score (nSPS) is 18.3. The number of benzene rings is 2. The Hall–Kier alpha value is -3.59. The number of fused-ring (bicyclic) bond motifs is 3. The molecule has 2 unspecified atom stereocenters. The van der Waals surface area contributed by atoms with Crippen LogP contribution >= 0.6 is 0 Å². The van der Waals surface area contributed by atoms with Gasteiger partial charge < -0.3 is 15.0 Å². The second-order valence-corrected chi connectivity index (χ2v) is 7.53. The number of morpholine rings is 1. The lowest BCUT2D eigenvalue weighted by atomic mass is 10.1. The monoisotopic (exact) mass is 433 g/mol. The molecule has 3 heterocycles. The highest BCUT2D eigenvalue weighted by molar-refractivity contribution is 5.95. The Labute approximate surface area is 186 Å². The largest absolute Gasteiger partial charge is 0.372 e. The number of aromatic nitrogens is 5. The maximum absolute atomic E-state index is 12.9. The fourth-order valence-corrected chi connectivity index (χ4v) is 3.85. The lowest BCUT2D eigenvalue weighted by Crippen LogP contribution is -2.48. The number of hydrogen-bond acceptors (Lipinski definition) is 7. The van der Waals surface area contributed by atoms with Crippen LogP contribution in [0.3, 0.4) is 0 Å². The van der Waals surface area contributed by atoms with Crippen LogP contribution in [0.25, 0.3) is 16.7 Å². The molecule has 1 amide bonds. The van der Waals surface area contributed by atoms with E-state index in [0.717, 1.165) is 16.7 Å². The second kappa shape index (κ2) is 9.27. The van der Waals surface area contributed by atoms with Crippen LogP contribution in [0.4, 0.5) is 11.5 Å². The van der Waals surface area contributed by atoms with E-state index < -0.39 is 0 Å². The van der Waals surface area contributed by atoms with Crippen LogP contribution in [0.2, 0.25) is 0 Å². The van der Waals surface area contributed by atoms with E-state index in [0.29, 0.717) is 30.1 Å². The molecule has 5 rings (SSSR count). The molecule has 166 valence electrons. The van der Waals surface area contributed by atoms with Crippen molar-refractivity contribution in [2.45, 2.75) is 39.9 Å². The van der Waals surface area contributed by atoms with Crippen LogP contribution in [0.15, 0.2) is 48.5 Å². The van der Waals surface area contributed by atoms with Crippen molar-refractivity contribution in [1.82, 2.24) is 29.9 Å². The number of amides is 1. The smallest absolute Gasteiger partial charge is 0.254 e. The molecule has 1 aliphatic rings. The predicted molar refractivity (Wildman–Crippen MR) is 123 cm³/mol. The summed E-state index contributed by atoms with van der Waals surface area (Å²) >= 11 is 0. The van der Waals surface area contributed by atoms with Crippen molar-refractivity contribution in [1.29, 1.82) is 0 Å². The van der Waals surface area contributed by atoms with Gasteiger partial charge in [-0.2, -0.15) is 4.52 Å². The molecule has 32 heavy (non-hydrogen) atoms. The molecule has 9 heteroatoms. The molecule has 0 saturated carbocycles. The summed E-state index contributed by atoms with van der Waals surface area (Å²) in [5, 5.41) is 15.2. The molecule has 2 aromatic heterocycles. The highest BCUT2D eigenvalue weighted by Gasteiger charge is 2.26. The first kappa shape index (κ1) is 21.6. The summed E-state index contributed by atoms with van der Waals surface area (Å²) in [5.74, 6) is 0.560. The molecule has 9 nitrogen and oxygen atoms in total. The maximum atomic E-state index is 12.9. The Bertz CT molecular complexity index is 1210. The second-order valence-electron chi connectivity index (χ2n) is 7.53. The van der Waals surface area contributed by atoms with E-state index in [2.05, 4.69) is 25.8 Å². The van der Waals surface area contributed by atoms with Crippen molar-refractivity contribution >= 4 is 34.1 Å². The lowest BCUT2D eigenvalue weighted by molar-refractivity contribution is -0.0586. The van der Waals surface area contributed by atoms with Crippen molar-refractivity contribution in [3.8, 4) is 0 Å². The predicted octanol–water partition coefficient (Wildman–Crippen LogP) is 3.69. The van der Waals surface area contributed by atoms with Gasteiger partial charge in [0.1, 0.15) is 0 Å². The molecule has 0 radical (unpaired) electrons. The number of rotatable bonds is 3. The average molecular weight is 434 g/mol. The number of nitrogens with one attached hydrogen (secondary N) is 1. The molecule has 0 aliphatic carbocycles. The van der Waals surface area contributed by atoms with Gasteiger partial charge in [-0.15, -0.1) is 5.10 Å². The van der Waals surface area contributed by atoms with Crippen LogP contribution in [-0.2, 0) is 4.74 Å². The van der Waals surface area contributed by atoms with Gasteiger partial charge in [0.15, 0.2) is 5.82 Å². The Kier molecular flexibility index (Phi) is 6.27. The third kappa shape index (κ3) is 4.24. The standard InChI is InChI=1S/C21H21N7O2.C2H6/c1-13-11-27(12-14(2)30-13)21(29)15-7-9-16(10-8-15)22-19-20-24-25-26-28(20)18-6-4-3-5-17(18)23-19;1-2/h3-10,13-14H,11-12H2,1-2H3,(H,22,23);1-2H3. The molecule has 1 N–H and O–H groups in total. The zero-order valence-electron chi connectivity index (χ0n) is 18.7. The van der Waals surface area contributed by atoms with Crippen LogP contribution in [0, 0.1) is 0 Å². The van der Waals surface area contributed by atoms with Gasteiger partial charge in [0.2, 0.25) is 5.65 Å². The van der Waals surface area contributed by atoms with Crippen molar-refractivity contribution in [3.63, 3.8) is 0 Å². The minimum absolute atomic E-state index is 0.0106. The van der Waals surface area contributed by atoms with E-state index in [1.54, 1.807) is 4.52 Å². The Morgan fingerprint density at radius 1 is 1.03 bits per heavy atom. The average Bonchev–Trinajstić information content (AvgIpc) is 3.31. The van der Waals surface area contributed by atoms with E-state index in [4.69, 9.17) is 4.74 Å². The van der Waals surface area contributed by atoms with Crippen molar-refractivity contribution in [2.24, 2.45) is 0 Å². The van der Waals surface area contributed by atoms with Gasteiger partial charge in [-0.3, -0.25) is 4.79 Å². The minimum Gasteiger partial charge on any atom is -0.372 e. The number of nitrogens with zero attached hydrogens (tertiary/aromatic N) is 6. The fourth-order valence-electron chi connectivity index (χ4n) is 3.85. The zero-order chi connectivity index (χ0) is 22.7. The van der Waals surface area contributed by atoms with Gasteiger partial charge in [0, 0.05) is 24.3 Å². The molecule has 1 fully saturated rings. The molecular weight excluding hydrogens is 406 g/mol. The van der Waals surface area contributed by atoms with E-state index in [-0.39, 0.29) is 18.1 Å². The van der Waals surface area contributed by atoms with Crippen LogP contribution < -0.4 is 5.32 Å². The number of ether oxygens (including phenoxy) is 1. The number of hydrogen-bond donors (Lipinski definition) is 1. The van der Waals surface area contributed by atoms with Crippen molar-refractivity contribution in [3.05, 3.63) is 54.1 Å². The molecule has 2 atom stereocenters. The maximum Gasteiger partial charge on any atom is 0.254 e. The Morgan fingerprint density at radius 3 is 2.44 bits per heavy atom. The van der Waals surface area contributed by atoms with Crippen LogP contribution in [-0.4, -0.2) is 61.1 Å². The van der Waals surface area contributed by atoms with Gasteiger partial charge in [-0.25, -0.2) is 4.98 Å². The van der Waals surface area contributed by atoms with E-state index in [9.17, 15) is 4.79 Å². The molecule has 2 aromatic carbocycles. The highest BCUT2D eigenvalue weighted by Crippen LogP contribution is 2.23. The van der Waals surface area contributed by atoms with E-state index in [1.165, 1.54) is 0 Å². The summed E-state index contributed by atoms with van der Waals surface area (Å²) in [6, 6.07) is 15.0. The number of tetrazole rings is 1. The number of carbonyl (C=O) groups is 1. The van der Waals surface area contributed by atoms with Gasteiger partial charge in [0.25, 0.3) is 5.91 Å². The topological polar surface area (TPSA) is 97.5 Å². The van der Waals surface area contributed by atoms with Crippen LogP contribution in [0.1, 0.15) is 38.1 Å². The van der Waals surface area contributed by atoms with Gasteiger partial charge in [-0.05, 0) is 60.7 Å². The first-order chi connectivity index (χ1) is 15.6. The third-order valence-electron chi connectivity index (χ3n) is 5.12. The number of para-hydroxylation sites is 2. The summed E-state index contributed by atoms with van der Waals surface area (Å²) in [6.45, 7) is 9.17.